The summed E-state index contributed by atoms with van der Waals surface area (Å²) in [6, 6.07) is 8.88. The lowest BCUT2D eigenvalue weighted by molar-refractivity contribution is -0.112. The molecule has 0 N–H and O–H groups in total. The van der Waals surface area contributed by atoms with Gasteiger partial charge in [-0.2, -0.15) is 0 Å². The number of ketones is 1. The smallest absolute Gasteiger partial charge is 0.152 e. The van der Waals surface area contributed by atoms with Crippen molar-refractivity contribution in [1.82, 2.24) is 0 Å². The molecule has 1 aromatic carbocycles. The van der Waals surface area contributed by atoms with Gasteiger partial charge in [0.2, 0.25) is 0 Å². The number of rotatable bonds is 4. The van der Waals surface area contributed by atoms with Gasteiger partial charge >= 0.3 is 0 Å². The fourth-order valence-electron chi connectivity index (χ4n) is 3.04. The van der Waals surface area contributed by atoms with E-state index in [9.17, 15) is 4.79 Å². The predicted molar refractivity (Wildman–Crippen MR) is 81.2 cm³/mol. The Morgan fingerprint density at radius 3 is 2.32 bits per heavy atom. The van der Waals surface area contributed by atoms with Crippen LogP contribution in [0.3, 0.4) is 0 Å². The quantitative estimate of drug-likeness (QED) is 0.684. The van der Waals surface area contributed by atoms with E-state index in [0.29, 0.717) is 0 Å². The second-order valence-electron chi connectivity index (χ2n) is 5.59. The van der Waals surface area contributed by atoms with Crippen LogP contribution in [-0.2, 0) is 4.79 Å². The van der Waals surface area contributed by atoms with E-state index in [1.54, 1.807) is 13.0 Å². The number of carbonyl (C=O) groups excluding carboxylic acids is 1. The van der Waals surface area contributed by atoms with Gasteiger partial charge in [-0.15, -0.1) is 0 Å². The first-order valence-electron chi connectivity index (χ1n) is 7.52. The maximum absolute atomic E-state index is 11.2. The average molecular weight is 256 g/mol. The highest BCUT2D eigenvalue weighted by molar-refractivity contribution is 5.95. The van der Waals surface area contributed by atoms with Crippen molar-refractivity contribution in [2.75, 3.05) is 0 Å². The summed E-state index contributed by atoms with van der Waals surface area (Å²) in [5, 5.41) is 0. The summed E-state index contributed by atoms with van der Waals surface area (Å²) >= 11 is 0. The van der Waals surface area contributed by atoms with Crippen molar-refractivity contribution >= 4 is 11.4 Å². The van der Waals surface area contributed by atoms with Crippen molar-refractivity contribution in [3.8, 4) is 0 Å². The first-order valence-corrected chi connectivity index (χ1v) is 7.52. The van der Waals surface area contributed by atoms with Gasteiger partial charge in [-0.25, -0.2) is 0 Å². The first-order chi connectivity index (χ1) is 9.20. The molecule has 0 radical (unpaired) electrons. The molecule has 0 bridgehead atoms. The van der Waals surface area contributed by atoms with Crippen molar-refractivity contribution in [2.45, 2.75) is 58.3 Å². The molecule has 0 spiro atoms. The zero-order valence-corrected chi connectivity index (χ0v) is 12.1. The van der Waals surface area contributed by atoms with E-state index in [-0.39, 0.29) is 5.78 Å². The van der Waals surface area contributed by atoms with Crippen LogP contribution in [0.1, 0.15) is 69.4 Å². The zero-order chi connectivity index (χ0) is 13.7. The zero-order valence-electron chi connectivity index (χ0n) is 12.1. The molecule has 2 rings (SSSR count). The van der Waals surface area contributed by atoms with Gasteiger partial charge in [0.1, 0.15) is 0 Å². The number of carbonyl (C=O) groups is 1. The Hall–Kier alpha value is -1.37. The fraction of sp³-hybridized carbons (Fsp3) is 0.500. The van der Waals surface area contributed by atoms with Gasteiger partial charge in [0.25, 0.3) is 0 Å². The molecule has 0 heterocycles. The van der Waals surface area contributed by atoms with Crippen LogP contribution in [-0.4, -0.2) is 5.78 Å². The van der Waals surface area contributed by atoms with Crippen molar-refractivity contribution in [3.05, 3.63) is 41.5 Å². The van der Waals surface area contributed by atoms with Gasteiger partial charge in [-0.1, -0.05) is 50.5 Å². The molecule has 0 saturated heterocycles. The number of hydrogen-bond acceptors (Lipinski definition) is 1. The van der Waals surface area contributed by atoms with Crippen molar-refractivity contribution in [1.29, 1.82) is 0 Å². The summed E-state index contributed by atoms with van der Waals surface area (Å²) < 4.78 is 0. The molecule has 0 aromatic heterocycles. The average Bonchev–Trinajstić information content (AvgIpc) is 2.46. The predicted octanol–water partition coefficient (Wildman–Crippen LogP) is 5.12. The van der Waals surface area contributed by atoms with E-state index < -0.39 is 0 Å². The van der Waals surface area contributed by atoms with E-state index in [0.717, 1.165) is 17.9 Å². The van der Waals surface area contributed by atoms with E-state index >= 15 is 0 Å². The van der Waals surface area contributed by atoms with Crippen LogP contribution in [0.25, 0.3) is 5.57 Å². The molecule has 0 atom stereocenters. The second-order valence-corrected chi connectivity index (χ2v) is 5.59. The van der Waals surface area contributed by atoms with Crippen LogP contribution < -0.4 is 0 Å². The van der Waals surface area contributed by atoms with Gasteiger partial charge in [-0.3, -0.25) is 4.79 Å². The van der Waals surface area contributed by atoms with Crippen LogP contribution in [0, 0.1) is 0 Å². The summed E-state index contributed by atoms with van der Waals surface area (Å²) in [6.07, 6.45) is 9.48. The molecular weight excluding hydrogens is 232 g/mol. The molecule has 1 nitrogen and oxygen atoms in total. The Bertz CT molecular complexity index is 447. The highest BCUT2D eigenvalue weighted by Crippen LogP contribution is 2.33. The van der Waals surface area contributed by atoms with Gasteiger partial charge < -0.3 is 0 Å². The topological polar surface area (TPSA) is 17.1 Å². The molecule has 19 heavy (non-hydrogen) atoms. The van der Waals surface area contributed by atoms with Crippen LogP contribution in [0.5, 0.6) is 0 Å². The van der Waals surface area contributed by atoms with Crippen LogP contribution in [0.2, 0.25) is 0 Å². The molecule has 1 aliphatic carbocycles. The third-order valence-electron chi connectivity index (χ3n) is 4.12. The Morgan fingerprint density at radius 2 is 1.79 bits per heavy atom. The minimum Gasteiger partial charge on any atom is -0.295 e. The molecule has 0 unspecified atom stereocenters. The molecule has 1 heteroatoms. The van der Waals surface area contributed by atoms with E-state index in [2.05, 4.69) is 31.2 Å². The normalized spacial score (nSPS) is 17.5. The summed E-state index contributed by atoms with van der Waals surface area (Å²) in [5.74, 6) is 0.887. The van der Waals surface area contributed by atoms with Gasteiger partial charge in [0.15, 0.2) is 5.78 Å². The van der Waals surface area contributed by atoms with E-state index in [4.69, 9.17) is 0 Å². The Labute approximate surface area is 116 Å². The second kappa shape index (κ2) is 6.70. The van der Waals surface area contributed by atoms with Gasteiger partial charge in [-0.05, 0) is 54.9 Å². The summed E-state index contributed by atoms with van der Waals surface area (Å²) in [6.45, 7) is 3.72. The highest BCUT2D eigenvalue weighted by Gasteiger charge is 2.15. The molecule has 1 aliphatic rings. The van der Waals surface area contributed by atoms with Crippen molar-refractivity contribution in [3.63, 3.8) is 0 Å². The van der Waals surface area contributed by atoms with Crippen LogP contribution in [0.4, 0.5) is 0 Å². The SMILES string of the molecule is CC/C(=C/C(C)=O)c1ccc(C2CCCCC2)cc1. The number of hydrogen-bond donors (Lipinski definition) is 0. The molecule has 1 fully saturated rings. The summed E-state index contributed by atoms with van der Waals surface area (Å²) in [5.41, 5.74) is 3.81. The minimum absolute atomic E-state index is 0.133. The monoisotopic (exact) mass is 256 g/mol. The largest absolute Gasteiger partial charge is 0.295 e. The Balaban J connectivity index is 2.15. The van der Waals surface area contributed by atoms with E-state index in [1.807, 2.05) is 0 Å². The fourth-order valence-corrected chi connectivity index (χ4v) is 3.04. The lowest BCUT2D eigenvalue weighted by Gasteiger charge is -2.22. The van der Waals surface area contributed by atoms with Crippen molar-refractivity contribution < 1.29 is 4.79 Å². The molecular formula is C18H24O. The third kappa shape index (κ3) is 3.79. The lowest BCUT2D eigenvalue weighted by Crippen LogP contribution is -2.04. The molecule has 1 saturated carbocycles. The molecule has 102 valence electrons. The van der Waals surface area contributed by atoms with Crippen LogP contribution >= 0.6 is 0 Å². The molecule has 0 aliphatic heterocycles. The molecule has 1 aromatic rings. The number of allylic oxidation sites excluding steroid dienone is 2. The maximum atomic E-state index is 11.2. The highest BCUT2D eigenvalue weighted by atomic mass is 16.1. The summed E-state index contributed by atoms with van der Waals surface area (Å²) in [7, 11) is 0. The Kier molecular flexibility index (Phi) is 4.95. The van der Waals surface area contributed by atoms with Gasteiger partial charge in [0, 0.05) is 0 Å². The maximum Gasteiger partial charge on any atom is 0.152 e. The van der Waals surface area contributed by atoms with Gasteiger partial charge in [0.05, 0.1) is 0 Å². The van der Waals surface area contributed by atoms with Crippen LogP contribution in [0.15, 0.2) is 30.3 Å². The molecule has 0 amide bonds. The minimum atomic E-state index is 0.133. The Morgan fingerprint density at radius 1 is 1.16 bits per heavy atom. The standard InChI is InChI=1S/C18H24O/c1-3-15(13-14(2)19)17-9-11-18(12-10-17)16-7-5-4-6-8-16/h9-13,16H,3-8H2,1-2H3/b15-13-. The van der Waals surface area contributed by atoms with Crippen molar-refractivity contribution in [2.24, 2.45) is 0 Å². The third-order valence-corrected chi connectivity index (χ3v) is 4.12. The number of benzene rings is 1. The summed E-state index contributed by atoms with van der Waals surface area (Å²) in [4.78, 5) is 11.2. The first kappa shape index (κ1) is 14.0. The lowest BCUT2D eigenvalue weighted by atomic mass is 9.83. The van der Waals surface area contributed by atoms with E-state index in [1.165, 1.54) is 43.2 Å².